The van der Waals surface area contributed by atoms with E-state index in [1.165, 1.54) is 31.4 Å². The number of rotatable bonds is 8. The summed E-state index contributed by atoms with van der Waals surface area (Å²) >= 11 is 0. The molecule has 6 aromatic rings. The van der Waals surface area contributed by atoms with Crippen LogP contribution >= 0.6 is 0 Å². The Morgan fingerprint density at radius 1 is 0.623 bits per heavy atom. The van der Waals surface area contributed by atoms with Crippen molar-refractivity contribution in [3.63, 3.8) is 0 Å². The van der Waals surface area contributed by atoms with Crippen molar-refractivity contribution in [2.45, 2.75) is 91.3 Å². The number of aliphatic hydroxyl groups excluding tert-OH is 2. The van der Waals surface area contributed by atoms with Crippen LogP contribution in [-0.2, 0) is 43.6 Å². The first-order chi connectivity index (χ1) is 29.3. The Morgan fingerprint density at radius 3 is 1.41 bits per heavy atom. The molecule has 0 spiro atoms. The second-order valence-corrected chi connectivity index (χ2v) is 16.2. The van der Waals surface area contributed by atoms with Gasteiger partial charge in [-0.1, -0.05) is 64.1 Å². The van der Waals surface area contributed by atoms with Crippen LogP contribution in [0, 0.1) is 11.6 Å². The normalized spacial score (nSPS) is 12.9. The van der Waals surface area contributed by atoms with E-state index in [9.17, 15) is 33.7 Å². The zero-order valence-electron chi connectivity index (χ0n) is 35.1. The van der Waals surface area contributed by atoms with Crippen molar-refractivity contribution in [3.05, 3.63) is 152 Å². The number of aliphatic hydroxyl groups is 2. The Balaban J connectivity index is 0.000000184. The first kappa shape index (κ1) is 43.0. The molecule has 61 heavy (non-hydrogen) atoms. The van der Waals surface area contributed by atoms with Gasteiger partial charge in [-0.3, -0.25) is 9.97 Å². The third-order valence-electron chi connectivity index (χ3n) is 11.7. The molecule has 314 valence electrons. The molecule has 0 saturated heterocycles. The number of fused-ring (bicyclic) bond motifs is 6. The number of nitrogens with zero attached hydrogens (tertiary/aromatic N) is 2. The number of methoxy groups -OCH3 is 1. The standard InChI is InChI=1S/C26H26FNO3.C25H24FNO3/c1-15(2)24-22(14-29)23(16-7-10-19(27)11-8-16)21-6-4-5-17-13-18(26(30)31-3)9-12-20(17)25(21)28-24;1-14(2)23-21(13-28)22(15-6-9-18(26)10-7-15)20-5-3-4-16-12-17(25(29)30)8-11-19(16)24(20)27-23/h7-13,15,29H,4-6,14H2,1-3H3;6-12,14,28H,3-5,13H2,1-2H3,(H,29,30). The van der Waals surface area contributed by atoms with Crippen LogP contribution in [0.1, 0.15) is 118 Å². The number of esters is 1. The highest BCUT2D eigenvalue weighted by atomic mass is 19.1. The molecule has 0 radical (unpaired) electrons. The van der Waals surface area contributed by atoms with Gasteiger partial charge in [0.25, 0.3) is 0 Å². The SMILES string of the molecule is CC(C)c1nc2c(c(-c3ccc(F)cc3)c1CO)CCCc1cc(C(=O)O)ccc1-2.COC(=O)c1ccc2c(c1)CCCc1c-2nc(C(C)C)c(CO)c1-c1ccc(F)cc1. The van der Waals surface area contributed by atoms with E-state index < -0.39 is 5.97 Å². The quantitative estimate of drug-likeness (QED) is 0.129. The van der Waals surface area contributed by atoms with E-state index >= 15 is 0 Å². The second kappa shape index (κ2) is 18.3. The number of benzene rings is 4. The molecular formula is C51H50F2N2O6. The number of aromatic nitrogens is 2. The number of carboxylic acids is 1. The van der Waals surface area contributed by atoms with Gasteiger partial charge < -0.3 is 20.1 Å². The molecule has 10 heteroatoms. The molecule has 0 bridgehead atoms. The highest BCUT2D eigenvalue weighted by Gasteiger charge is 2.28. The van der Waals surface area contributed by atoms with E-state index in [4.69, 9.17) is 14.7 Å². The zero-order chi connectivity index (χ0) is 43.5. The van der Waals surface area contributed by atoms with Crippen LogP contribution < -0.4 is 0 Å². The predicted octanol–water partition coefficient (Wildman–Crippen LogP) is 10.8. The molecule has 0 aliphatic heterocycles. The fourth-order valence-electron chi connectivity index (χ4n) is 8.86. The first-order valence-electron chi connectivity index (χ1n) is 20.8. The lowest BCUT2D eigenvalue weighted by molar-refractivity contribution is 0.0599. The summed E-state index contributed by atoms with van der Waals surface area (Å²) in [5.74, 6) is -1.71. The topological polar surface area (TPSA) is 130 Å². The molecule has 0 amide bonds. The van der Waals surface area contributed by atoms with Gasteiger partial charge in [-0.2, -0.15) is 0 Å². The summed E-state index contributed by atoms with van der Waals surface area (Å²) in [7, 11) is 1.38. The van der Waals surface area contributed by atoms with Gasteiger partial charge in [-0.15, -0.1) is 0 Å². The number of carboxylic acid groups (broad SMARTS) is 1. The minimum absolute atomic E-state index is 0.0849. The number of pyridine rings is 2. The monoisotopic (exact) mass is 824 g/mol. The summed E-state index contributed by atoms with van der Waals surface area (Å²) in [6.45, 7) is 7.90. The molecule has 0 saturated carbocycles. The first-order valence-corrected chi connectivity index (χ1v) is 20.8. The summed E-state index contributed by atoms with van der Waals surface area (Å²) in [4.78, 5) is 33.5. The van der Waals surface area contributed by atoms with Gasteiger partial charge >= 0.3 is 11.9 Å². The van der Waals surface area contributed by atoms with E-state index in [0.717, 1.165) is 128 Å². The minimum Gasteiger partial charge on any atom is -0.478 e. The Morgan fingerprint density at radius 2 is 1.03 bits per heavy atom. The number of carbonyl (C=O) groups excluding carboxylic acids is 1. The van der Waals surface area contributed by atoms with Crippen molar-refractivity contribution >= 4 is 11.9 Å². The van der Waals surface area contributed by atoms with E-state index in [1.54, 1.807) is 42.5 Å². The van der Waals surface area contributed by atoms with Crippen LogP contribution in [0.3, 0.4) is 0 Å². The van der Waals surface area contributed by atoms with E-state index in [-0.39, 0.29) is 48.2 Å². The van der Waals surface area contributed by atoms with Gasteiger partial charge in [0.1, 0.15) is 11.6 Å². The largest absolute Gasteiger partial charge is 0.478 e. The van der Waals surface area contributed by atoms with Crippen LogP contribution in [0.4, 0.5) is 8.78 Å². The maximum Gasteiger partial charge on any atom is 0.337 e. The Bertz CT molecular complexity index is 2620. The van der Waals surface area contributed by atoms with Crippen molar-refractivity contribution in [2.75, 3.05) is 7.11 Å². The van der Waals surface area contributed by atoms with Gasteiger partial charge in [0.2, 0.25) is 0 Å². The molecule has 2 aliphatic rings. The smallest absolute Gasteiger partial charge is 0.337 e. The average molecular weight is 825 g/mol. The van der Waals surface area contributed by atoms with Gasteiger partial charge in [-0.05, 0) is 143 Å². The van der Waals surface area contributed by atoms with Crippen molar-refractivity contribution < 1.29 is 38.4 Å². The van der Waals surface area contributed by atoms with E-state index in [2.05, 4.69) is 13.8 Å². The number of carbonyl (C=O) groups is 2. The molecule has 3 N–H and O–H groups in total. The molecular weight excluding hydrogens is 775 g/mol. The lowest BCUT2D eigenvalue weighted by Gasteiger charge is -2.22. The van der Waals surface area contributed by atoms with Crippen molar-refractivity contribution in [1.82, 2.24) is 9.97 Å². The number of halogens is 2. The number of hydrogen-bond acceptors (Lipinski definition) is 7. The summed E-state index contributed by atoms with van der Waals surface area (Å²) in [6.07, 6.45) is 4.81. The number of ether oxygens (including phenoxy) is 1. The van der Waals surface area contributed by atoms with Gasteiger partial charge in [0.15, 0.2) is 0 Å². The molecule has 0 unspecified atom stereocenters. The fourth-order valence-corrected chi connectivity index (χ4v) is 8.86. The highest BCUT2D eigenvalue weighted by Crippen LogP contribution is 2.43. The van der Waals surface area contributed by atoms with Crippen molar-refractivity contribution in [3.8, 4) is 44.8 Å². The molecule has 2 heterocycles. The van der Waals surface area contributed by atoms with Crippen LogP contribution in [0.5, 0.6) is 0 Å². The minimum atomic E-state index is -0.944. The molecule has 4 aromatic carbocycles. The van der Waals surface area contributed by atoms with Crippen LogP contribution in [0.15, 0.2) is 84.9 Å². The second-order valence-electron chi connectivity index (χ2n) is 16.2. The van der Waals surface area contributed by atoms with Gasteiger partial charge in [0.05, 0.1) is 42.8 Å². The number of aromatic carboxylic acids is 1. The predicted molar refractivity (Wildman–Crippen MR) is 233 cm³/mol. The fraction of sp³-hybridized carbons (Fsp3) is 0.294. The van der Waals surface area contributed by atoms with Gasteiger partial charge in [-0.25, -0.2) is 18.4 Å². The maximum absolute atomic E-state index is 13.6. The zero-order valence-corrected chi connectivity index (χ0v) is 35.1. The van der Waals surface area contributed by atoms with Crippen LogP contribution in [0.2, 0.25) is 0 Å². The summed E-state index contributed by atoms with van der Waals surface area (Å²) < 4.78 is 32.1. The van der Waals surface area contributed by atoms with Crippen molar-refractivity contribution in [1.29, 1.82) is 0 Å². The molecule has 0 fully saturated rings. The van der Waals surface area contributed by atoms with Crippen LogP contribution in [-0.4, -0.2) is 44.3 Å². The average Bonchev–Trinajstić information content (AvgIpc) is 3.56. The third-order valence-corrected chi connectivity index (χ3v) is 11.7. The lowest BCUT2D eigenvalue weighted by atomic mass is 9.87. The Hall–Kier alpha value is -6.10. The van der Waals surface area contributed by atoms with Crippen molar-refractivity contribution in [2.24, 2.45) is 0 Å². The molecule has 2 aromatic heterocycles. The Kier molecular flexibility index (Phi) is 12.9. The van der Waals surface area contributed by atoms with Crippen LogP contribution in [0.25, 0.3) is 44.8 Å². The van der Waals surface area contributed by atoms with E-state index in [1.807, 2.05) is 32.0 Å². The maximum atomic E-state index is 13.6. The summed E-state index contributed by atoms with van der Waals surface area (Å²) in [5.41, 5.74) is 15.4. The molecule has 0 atom stereocenters. The molecule has 8 nitrogen and oxygen atoms in total. The lowest BCUT2D eigenvalue weighted by Crippen LogP contribution is -2.09. The third kappa shape index (κ3) is 8.60. The highest BCUT2D eigenvalue weighted by molar-refractivity contribution is 5.92. The number of hydrogen-bond donors (Lipinski definition) is 3. The number of aryl methyl sites for hydroxylation is 2. The summed E-state index contributed by atoms with van der Waals surface area (Å²) in [6, 6.07) is 23.6. The van der Waals surface area contributed by atoms with E-state index in [0.29, 0.717) is 5.56 Å². The Labute approximate surface area is 355 Å². The molecule has 2 aliphatic carbocycles. The summed E-state index contributed by atoms with van der Waals surface area (Å²) in [5, 5.41) is 29.9. The van der Waals surface area contributed by atoms with Gasteiger partial charge in [0, 0.05) is 33.6 Å². The molecule has 8 rings (SSSR count).